The number of benzene rings is 2. The first-order valence-electron chi connectivity index (χ1n) is 6.96. The van der Waals surface area contributed by atoms with Crippen LogP contribution >= 0.6 is 0 Å². The standard InChI is InChI=1S/C15H9N3O9/c19-13(7-3-9(17(24)25)6-10(4-7)18(26)27)16-8-1-2-11(14(20)21)12(5-8)15(22)23/h1-6H,(H,16,19)(H,20,21)(H,22,23). The van der Waals surface area contributed by atoms with Crippen molar-refractivity contribution in [2.45, 2.75) is 0 Å². The molecule has 12 heteroatoms. The van der Waals surface area contributed by atoms with Gasteiger partial charge in [0.05, 0.1) is 32.6 Å². The fraction of sp³-hybridized carbons (Fsp3) is 0. The van der Waals surface area contributed by atoms with Crippen molar-refractivity contribution in [2.75, 3.05) is 5.32 Å². The highest BCUT2D eigenvalue weighted by Crippen LogP contribution is 2.24. The van der Waals surface area contributed by atoms with Gasteiger partial charge in [-0.05, 0) is 18.2 Å². The number of non-ortho nitro benzene ring substituents is 2. The van der Waals surface area contributed by atoms with Crippen molar-refractivity contribution in [2.24, 2.45) is 0 Å². The second-order valence-corrected chi connectivity index (χ2v) is 5.08. The van der Waals surface area contributed by atoms with Gasteiger partial charge in [-0.25, -0.2) is 9.59 Å². The van der Waals surface area contributed by atoms with Crippen LogP contribution in [0.1, 0.15) is 31.1 Å². The first-order chi connectivity index (χ1) is 12.6. The van der Waals surface area contributed by atoms with Crippen LogP contribution < -0.4 is 5.32 Å². The van der Waals surface area contributed by atoms with Gasteiger partial charge in [-0.1, -0.05) is 0 Å². The van der Waals surface area contributed by atoms with Gasteiger partial charge in [-0.2, -0.15) is 0 Å². The molecule has 0 radical (unpaired) electrons. The molecule has 0 unspecified atom stereocenters. The minimum Gasteiger partial charge on any atom is -0.478 e. The summed E-state index contributed by atoms with van der Waals surface area (Å²) in [5, 5.41) is 41.9. The zero-order valence-electron chi connectivity index (χ0n) is 13.1. The summed E-state index contributed by atoms with van der Waals surface area (Å²) in [6.45, 7) is 0. The SMILES string of the molecule is O=C(Nc1ccc(C(=O)O)c(C(=O)O)c1)c1cc([N+](=O)[O-])cc([N+](=O)[O-])c1. The lowest BCUT2D eigenvalue weighted by Gasteiger charge is -2.08. The molecule has 2 aromatic rings. The first-order valence-corrected chi connectivity index (χ1v) is 6.96. The second kappa shape index (κ2) is 7.26. The molecule has 0 atom stereocenters. The van der Waals surface area contributed by atoms with Crippen LogP contribution in [-0.2, 0) is 0 Å². The number of hydrogen-bond acceptors (Lipinski definition) is 7. The highest BCUT2D eigenvalue weighted by molar-refractivity contribution is 6.07. The summed E-state index contributed by atoms with van der Waals surface area (Å²) in [7, 11) is 0. The number of nitrogens with zero attached hydrogens (tertiary/aromatic N) is 2. The van der Waals surface area contributed by atoms with Crippen molar-refractivity contribution < 1.29 is 34.4 Å². The molecule has 138 valence electrons. The van der Waals surface area contributed by atoms with E-state index in [2.05, 4.69) is 5.32 Å². The van der Waals surface area contributed by atoms with Crippen molar-refractivity contribution in [3.05, 3.63) is 73.3 Å². The number of nitro groups is 2. The minimum absolute atomic E-state index is 0.114. The van der Waals surface area contributed by atoms with Gasteiger partial charge in [-0.15, -0.1) is 0 Å². The Morgan fingerprint density at radius 2 is 1.33 bits per heavy atom. The quantitative estimate of drug-likeness (QED) is 0.501. The van der Waals surface area contributed by atoms with Crippen LogP contribution in [0.2, 0.25) is 0 Å². The molecule has 0 aromatic heterocycles. The molecule has 3 N–H and O–H groups in total. The molecule has 27 heavy (non-hydrogen) atoms. The van der Waals surface area contributed by atoms with Crippen molar-refractivity contribution in [3.8, 4) is 0 Å². The van der Waals surface area contributed by atoms with E-state index >= 15 is 0 Å². The number of amides is 1. The van der Waals surface area contributed by atoms with E-state index in [1.165, 1.54) is 0 Å². The van der Waals surface area contributed by atoms with Gasteiger partial charge in [0.1, 0.15) is 0 Å². The highest BCUT2D eigenvalue weighted by atomic mass is 16.6. The Bertz CT molecular complexity index is 968. The van der Waals surface area contributed by atoms with Gasteiger partial charge in [0.25, 0.3) is 17.3 Å². The number of carbonyl (C=O) groups is 3. The minimum atomic E-state index is -1.55. The van der Waals surface area contributed by atoms with Gasteiger partial charge >= 0.3 is 11.9 Å². The highest BCUT2D eigenvalue weighted by Gasteiger charge is 2.21. The maximum Gasteiger partial charge on any atom is 0.336 e. The van der Waals surface area contributed by atoms with Gasteiger partial charge in [0, 0.05) is 17.8 Å². The van der Waals surface area contributed by atoms with E-state index in [0.717, 1.165) is 30.3 Å². The summed E-state index contributed by atoms with van der Waals surface area (Å²) in [5.74, 6) is -4.02. The smallest absolute Gasteiger partial charge is 0.336 e. The molecular formula is C15H9N3O9. The predicted octanol–water partition coefficient (Wildman–Crippen LogP) is 2.15. The molecule has 0 aliphatic rings. The number of aromatic carboxylic acids is 2. The van der Waals surface area contributed by atoms with Crippen molar-refractivity contribution >= 4 is 34.9 Å². The van der Waals surface area contributed by atoms with Crippen LogP contribution in [0.3, 0.4) is 0 Å². The first kappa shape index (κ1) is 19.0. The number of nitro benzene ring substituents is 2. The van der Waals surface area contributed by atoms with E-state index in [9.17, 15) is 34.6 Å². The summed E-state index contributed by atoms with van der Waals surface area (Å²) in [4.78, 5) is 54.3. The number of carbonyl (C=O) groups excluding carboxylic acids is 1. The van der Waals surface area contributed by atoms with Crippen LogP contribution in [0.25, 0.3) is 0 Å². The average Bonchev–Trinajstić information content (AvgIpc) is 2.60. The van der Waals surface area contributed by atoms with Gasteiger partial charge in [0.15, 0.2) is 0 Å². The van der Waals surface area contributed by atoms with Crippen LogP contribution in [0.15, 0.2) is 36.4 Å². The third kappa shape index (κ3) is 4.19. The second-order valence-electron chi connectivity index (χ2n) is 5.08. The Morgan fingerprint density at radius 3 is 1.78 bits per heavy atom. The number of nitrogens with one attached hydrogen (secondary N) is 1. The third-order valence-corrected chi connectivity index (χ3v) is 3.32. The average molecular weight is 375 g/mol. The largest absolute Gasteiger partial charge is 0.478 e. The van der Waals surface area contributed by atoms with Crippen LogP contribution in [-0.4, -0.2) is 37.9 Å². The molecule has 12 nitrogen and oxygen atoms in total. The van der Waals surface area contributed by atoms with Gasteiger partial charge < -0.3 is 15.5 Å². The number of carboxylic acids is 2. The summed E-state index contributed by atoms with van der Waals surface area (Å²) in [5.41, 5.74) is -2.98. The molecule has 2 aromatic carbocycles. The van der Waals surface area contributed by atoms with Crippen LogP contribution in [0.5, 0.6) is 0 Å². The lowest BCUT2D eigenvalue weighted by molar-refractivity contribution is -0.394. The normalized spacial score (nSPS) is 10.1. The Labute approximate surface area is 149 Å². The van der Waals surface area contributed by atoms with Crippen molar-refractivity contribution in [1.29, 1.82) is 0 Å². The molecule has 1 amide bonds. The maximum absolute atomic E-state index is 12.2. The van der Waals surface area contributed by atoms with E-state index < -0.39 is 55.8 Å². The van der Waals surface area contributed by atoms with E-state index in [0.29, 0.717) is 6.07 Å². The number of hydrogen-bond donors (Lipinski definition) is 3. The number of anilines is 1. The zero-order chi connectivity index (χ0) is 20.3. The number of rotatable bonds is 6. The summed E-state index contributed by atoms with van der Waals surface area (Å²) >= 11 is 0. The summed E-state index contributed by atoms with van der Waals surface area (Å²) < 4.78 is 0. The molecule has 2 rings (SSSR count). The molecule has 0 aliphatic carbocycles. The van der Waals surface area contributed by atoms with E-state index in [-0.39, 0.29) is 5.69 Å². The molecule has 0 aliphatic heterocycles. The van der Waals surface area contributed by atoms with E-state index in [1.807, 2.05) is 0 Å². The van der Waals surface area contributed by atoms with E-state index in [1.54, 1.807) is 0 Å². The van der Waals surface area contributed by atoms with Crippen LogP contribution in [0, 0.1) is 20.2 Å². The molecule has 0 saturated heterocycles. The van der Waals surface area contributed by atoms with Gasteiger partial charge in [-0.3, -0.25) is 25.0 Å². The predicted molar refractivity (Wildman–Crippen MR) is 88.1 cm³/mol. The van der Waals surface area contributed by atoms with Crippen LogP contribution in [0.4, 0.5) is 17.1 Å². The maximum atomic E-state index is 12.2. The van der Waals surface area contributed by atoms with Gasteiger partial charge in [0.2, 0.25) is 0 Å². The molecule has 0 fully saturated rings. The van der Waals surface area contributed by atoms with Crippen molar-refractivity contribution in [3.63, 3.8) is 0 Å². The Kier molecular flexibility index (Phi) is 5.11. The molecule has 0 bridgehead atoms. The Morgan fingerprint density at radius 1 is 0.815 bits per heavy atom. The Hall–Kier alpha value is -4.35. The summed E-state index contributed by atoms with van der Waals surface area (Å²) in [6, 6.07) is 5.26. The molecular weight excluding hydrogens is 366 g/mol. The lowest BCUT2D eigenvalue weighted by Crippen LogP contribution is -2.14. The monoisotopic (exact) mass is 375 g/mol. The molecule has 0 heterocycles. The topological polar surface area (TPSA) is 190 Å². The Balaban J connectivity index is 2.41. The lowest BCUT2D eigenvalue weighted by atomic mass is 10.1. The third-order valence-electron chi connectivity index (χ3n) is 3.32. The summed E-state index contributed by atoms with van der Waals surface area (Å²) in [6.07, 6.45) is 0. The molecule has 0 saturated carbocycles. The number of carboxylic acid groups (broad SMARTS) is 2. The fourth-order valence-electron chi connectivity index (χ4n) is 2.13. The fourth-order valence-corrected chi connectivity index (χ4v) is 2.13. The zero-order valence-corrected chi connectivity index (χ0v) is 13.1. The van der Waals surface area contributed by atoms with E-state index in [4.69, 9.17) is 10.2 Å². The molecule has 0 spiro atoms. The van der Waals surface area contributed by atoms with Crippen molar-refractivity contribution in [1.82, 2.24) is 0 Å².